The fraction of sp³-hybridized carbons (Fsp3) is 0.250. The van der Waals surface area contributed by atoms with Crippen molar-refractivity contribution in [2.24, 2.45) is 16.5 Å². The van der Waals surface area contributed by atoms with E-state index in [-0.39, 0.29) is 5.96 Å². The third-order valence-corrected chi connectivity index (χ3v) is 1.46. The lowest BCUT2D eigenvalue weighted by atomic mass is 10.3. The highest BCUT2D eigenvalue weighted by atomic mass is 16.5. The number of pyridine rings is 1. The highest BCUT2D eigenvalue weighted by Gasteiger charge is 1.94. The summed E-state index contributed by atoms with van der Waals surface area (Å²) in [4.78, 5) is 7.90. The van der Waals surface area contributed by atoms with Gasteiger partial charge < -0.3 is 16.2 Å². The quantitative estimate of drug-likeness (QED) is 0.501. The van der Waals surface area contributed by atoms with Gasteiger partial charge in [0, 0.05) is 0 Å². The van der Waals surface area contributed by atoms with Crippen LogP contribution < -0.4 is 16.2 Å². The zero-order valence-corrected chi connectivity index (χ0v) is 7.40. The number of nitrogens with zero attached hydrogens (tertiary/aromatic N) is 2. The van der Waals surface area contributed by atoms with Crippen molar-refractivity contribution in [2.75, 3.05) is 7.11 Å². The lowest BCUT2D eigenvalue weighted by Gasteiger charge is -1.99. The molecule has 0 fully saturated rings. The maximum Gasteiger partial charge on any atom is 0.186 e. The third-order valence-electron chi connectivity index (χ3n) is 1.46. The van der Waals surface area contributed by atoms with E-state index in [1.807, 2.05) is 12.1 Å². The lowest BCUT2D eigenvalue weighted by molar-refractivity contribution is 0.412. The highest BCUT2D eigenvalue weighted by Crippen LogP contribution is 2.08. The Bertz CT molecular complexity index is 290. The molecule has 0 bridgehead atoms. The van der Waals surface area contributed by atoms with E-state index in [9.17, 15) is 0 Å². The molecule has 1 rings (SSSR count). The van der Waals surface area contributed by atoms with Gasteiger partial charge in [-0.2, -0.15) is 0 Å². The van der Waals surface area contributed by atoms with Gasteiger partial charge in [0.25, 0.3) is 0 Å². The number of aliphatic imine (C=N–C) groups is 1. The summed E-state index contributed by atoms with van der Waals surface area (Å²) in [6.07, 6.45) is 1.62. The summed E-state index contributed by atoms with van der Waals surface area (Å²) < 4.78 is 4.95. The monoisotopic (exact) mass is 180 g/mol. The molecule has 0 aromatic carbocycles. The van der Waals surface area contributed by atoms with Crippen molar-refractivity contribution < 1.29 is 4.74 Å². The Kier molecular flexibility index (Phi) is 3.08. The van der Waals surface area contributed by atoms with E-state index in [2.05, 4.69) is 9.98 Å². The van der Waals surface area contributed by atoms with Crippen molar-refractivity contribution in [3.8, 4) is 5.75 Å². The van der Waals surface area contributed by atoms with Crippen molar-refractivity contribution in [1.29, 1.82) is 0 Å². The number of rotatable bonds is 3. The lowest BCUT2D eigenvalue weighted by Crippen LogP contribution is -2.22. The van der Waals surface area contributed by atoms with E-state index in [4.69, 9.17) is 16.2 Å². The minimum Gasteiger partial charge on any atom is -0.495 e. The molecule has 5 nitrogen and oxygen atoms in total. The molecule has 0 atom stereocenters. The van der Waals surface area contributed by atoms with Crippen LogP contribution in [0.2, 0.25) is 0 Å². The van der Waals surface area contributed by atoms with Crippen molar-refractivity contribution in [1.82, 2.24) is 4.98 Å². The van der Waals surface area contributed by atoms with Crippen LogP contribution in [0.1, 0.15) is 5.69 Å². The number of methoxy groups -OCH3 is 1. The standard InChI is InChI=1S/C8H12N4O/c1-13-7-3-2-6(11-5-7)4-12-8(9)10/h2-3,5H,4H2,1H3,(H4,9,10,12). The fourth-order valence-corrected chi connectivity index (χ4v) is 0.797. The predicted octanol–water partition coefficient (Wildman–Crippen LogP) is -0.136. The molecule has 0 aliphatic heterocycles. The van der Waals surface area contributed by atoms with E-state index in [1.54, 1.807) is 13.3 Å². The first-order valence-corrected chi connectivity index (χ1v) is 3.76. The van der Waals surface area contributed by atoms with Crippen LogP contribution in [-0.4, -0.2) is 18.1 Å². The molecule has 0 spiro atoms. The van der Waals surface area contributed by atoms with Crippen LogP contribution in [0.3, 0.4) is 0 Å². The molecule has 4 N–H and O–H groups in total. The number of aromatic nitrogens is 1. The zero-order valence-electron chi connectivity index (χ0n) is 7.40. The van der Waals surface area contributed by atoms with Gasteiger partial charge in [0.2, 0.25) is 0 Å². The molecule has 0 radical (unpaired) electrons. The largest absolute Gasteiger partial charge is 0.495 e. The Hall–Kier alpha value is -1.78. The summed E-state index contributed by atoms with van der Waals surface area (Å²) >= 11 is 0. The molecule has 0 saturated carbocycles. The van der Waals surface area contributed by atoms with Gasteiger partial charge in [-0.15, -0.1) is 0 Å². The molecular weight excluding hydrogens is 168 g/mol. The van der Waals surface area contributed by atoms with Crippen LogP contribution in [0.4, 0.5) is 0 Å². The number of hydrogen-bond acceptors (Lipinski definition) is 3. The van der Waals surface area contributed by atoms with E-state index in [1.165, 1.54) is 0 Å². The second-order valence-electron chi connectivity index (χ2n) is 2.43. The predicted molar refractivity (Wildman–Crippen MR) is 50.3 cm³/mol. The Morgan fingerprint density at radius 3 is 2.77 bits per heavy atom. The average Bonchev–Trinajstić information content (AvgIpc) is 2.15. The minimum atomic E-state index is 0.0672. The summed E-state index contributed by atoms with van der Waals surface area (Å²) in [5.41, 5.74) is 11.1. The molecule has 70 valence electrons. The Balaban J connectivity index is 2.64. The molecule has 0 saturated heterocycles. The van der Waals surface area contributed by atoms with Crippen LogP contribution in [0.15, 0.2) is 23.3 Å². The van der Waals surface area contributed by atoms with Crippen molar-refractivity contribution in [3.05, 3.63) is 24.0 Å². The smallest absolute Gasteiger partial charge is 0.186 e. The molecular formula is C8H12N4O. The summed E-state index contributed by atoms with van der Waals surface area (Å²) in [6.45, 7) is 0.395. The second kappa shape index (κ2) is 4.30. The molecule has 13 heavy (non-hydrogen) atoms. The summed E-state index contributed by atoms with van der Waals surface area (Å²) in [5.74, 6) is 0.783. The molecule has 0 aliphatic carbocycles. The van der Waals surface area contributed by atoms with Crippen molar-refractivity contribution in [3.63, 3.8) is 0 Å². The molecule has 0 amide bonds. The minimum absolute atomic E-state index is 0.0672. The van der Waals surface area contributed by atoms with Gasteiger partial charge in [-0.05, 0) is 12.1 Å². The van der Waals surface area contributed by atoms with Crippen LogP contribution in [0.25, 0.3) is 0 Å². The normalized spacial score (nSPS) is 9.31. The molecule has 0 unspecified atom stereocenters. The van der Waals surface area contributed by atoms with Crippen LogP contribution >= 0.6 is 0 Å². The first-order valence-electron chi connectivity index (χ1n) is 3.76. The number of hydrogen-bond donors (Lipinski definition) is 2. The van der Waals surface area contributed by atoms with Gasteiger partial charge in [0.05, 0.1) is 25.5 Å². The topological polar surface area (TPSA) is 86.5 Å². The van der Waals surface area contributed by atoms with E-state index < -0.39 is 0 Å². The first-order chi connectivity index (χ1) is 6.22. The first kappa shape index (κ1) is 9.31. The van der Waals surface area contributed by atoms with Gasteiger partial charge in [0.1, 0.15) is 5.75 Å². The summed E-state index contributed by atoms with van der Waals surface area (Å²) in [5, 5.41) is 0. The zero-order chi connectivity index (χ0) is 9.68. The number of guanidine groups is 1. The number of nitrogens with two attached hydrogens (primary N) is 2. The van der Waals surface area contributed by atoms with Gasteiger partial charge in [0.15, 0.2) is 5.96 Å². The van der Waals surface area contributed by atoms with E-state index >= 15 is 0 Å². The maximum atomic E-state index is 5.17. The molecule has 0 aliphatic rings. The molecule has 1 heterocycles. The van der Waals surface area contributed by atoms with Crippen molar-refractivity contribution in [2.45, 2.75) is 6.54 Å². The van der Waals surface area contributed by atoms with Crippen molar-refractivity contribution >= 4 is 5.96 Å². The molecule has 1 aromatic rings. The highest BCUT2D eigenvalue weighted by molar-refractivity contribution is 5.75. The van der Waals surface area contributed by atoms with E-state index in [0.29, 0.717) is 12.3 Å². The number of ether oxygens (including phenoxy) is 1. The Morgan fingerprint density at radius 2 is 2.31 bits per heavy atom. The van der Waals surface area contributed by atoms with E-state index in [0.717, 1.165) is 5.69 Å². The fourth-order valence-electron chi connectivity index (χ4n) is 0.797. The summed E-state index contributed by atoms with van der Waals surface area (Å²) in [7, 11) is 1.59. The van der Waals surface area contributed by atoms with Gasteiger partial charge in [-0.1, -0.05) is 0 Å². The Morgan fingerprint density at radius 1 is 1.54 bits per heavy atom. The summed E-state index contributed by atoms with van der Waals surface area (Å²) in [6, 6.07) is 3.62. The SMILES string of the molecule is COc1ccc(CN=C(N)N)nc1. The van der Waals surface area contributed by atoms with Gasteiger partial charge in [-0.3, -0.25) is 4.98 Å². The second-order valence-corrected chi connectivity index (χ2v) is 2.43. The Labute approximate surface area is 76.4 Å². The average molecular weight is 180 g/mol. The van der Waals surface area contributed by atoms with Gasteiger partial charge >= 0.3 is 0 Å². The molecule has 5 heteroatoms. The van der Waals surface area contributed by atoms with Gasteiger partial charge in [-0.25, -0.2) is 4.99 Å². The van der Waals surface area contributed by atoms with Crippen LogP contribution in [0.5, 0.6) is 5.75 Å². The van der Waals surface area contributed by atoms with Crippen LogP contribution in [0, 0.1) is 0 Å². The third kappa shape index (κ3) is 2.98. The maximum absolute atomic E-state index is 5.17. The molecule has 1 aromatic heterocycles. The van der Waals surface area contributed by atoms with Crippen LogP contribution in [-0.2, 0) is 6.54 Å².